The lowest BCUT2D eigenvalue weighted by molar-refractivity contribution is -0.142. The smallest absolute Gasteiger partial charge is 0.435 e. The number of carbonyl (C=O) groups excluding carboxylic acids is 2. The molecule has 6 rings (SSSR count). The molecule has 0 radical (unpaired) electrons. The summed E-state index contributed by atoms with van der Waals surface area (Å²) in [7, 11) is 1.52. The van der Waals surface area contributed by atoms with E-state index < -0.39 is 23.4 Å². The van der Waals surface area contributed by atoms with Crippen molar-refractivity contribution < 1.29 is 27.5 Å². The molecule has 0 unspecified atom stereocenters. The Kier molecular flexibility index (Phi) is 7.25. The van der Waals surface area contributed by atoms with Gasteiger partial charge in [0.05, 0.1) is 0 Å². The van der Waals surface area contributed by atoms with Gasteiger partial charge < -0.3 is 19.2 Å². The molecule has 2 aliphatic rings. The Labute approximate surface area is 255 Å². The van der Waals surface area contributed by atoms with Gasteiger partial charge in [-0.05, 0) is 59.7 Å². The van der Waals surface area contributed by atoms with Crippen LogP contribution in [0.4, 0.5) is 30.5 Å². The molecular weight excluding hydrogens is 591 g/mol. The number of hydrogen-bond donors (Lipinski definition) is 1. The van der Waals surface area contributed by atoms with Gasteiger partial charge in [0.1, 0.15) is 23.8 Å². The molecule has 0 saturated carbocycles. The van der Waals surface area contributed by atoms with Gasteiger partial charge in [-0.2, -0.15) is 13.2 Å². The number of rotatable bonds is 6. The van der Waals surface area contributed by atoms with Gasteiger partial charge in [-0.25, -0.2) is 4.98 Å². The lowest BCUT2D eigenvalue weighted by Gasteiger charge is -2.31. The molecular formula is C31H30F3N7O4. The van der Waals surface area contributed by atoms with Crippen LogP contribution in [-0.2, 0) is 48.7 Å². The van der Waals surface area contributed by atoms with E-state index >= 15 is 0 Å². The molecule has 0 aromatic carbocycles. The molecule has 14 heteroatoms. The zero-order chi connectivity index (χ0) is 32.3. The number of aryl methyl sites for hydroxylation is 1. The van der Waals surface area contributed by atoms with Gasteiger partial charge in [0.15, 0.2) is 11.5 Å². The lowest BCUT2D eigenvalue weighted by Crippen LogP contribution is -2.41. The van der Waals surface area contributed by atoms with Crippen molar-refractivity contribution in [1.82, 2.24) is 24.3 Å². The van der Waals surface area contributed by atoms with Crippen molar-refractivity contribution in [3.05, 3.63) is 81.3 Å². The van der Waals surface area contributed by atoms with Crippen LogP contribution < -0.4 is 15.8 Å². The number of nitrogens with zero attached hydrogens (tertiary/aromatic N) is 6. The minimum Gasteiger partial charge on any atom is -0.461 e. The second kappa shape index (κ2) is 10.9. The zero-order valence-corrected chi connectivity index (χ0v) is 25.0. The summed E-state index contributed by atoms with van der Waals surface area (Å²) in [6, 6.07) is 6.99. The molecule has 1 N–H and O–H groups in total. The first-order valence-corrected chi connectivity index (χ1v) is 14.3. The van der Waals surface area contributed by atoms with Gasteiger partial charge >= 0.3 is 12.1 Å². The van der Waals surface area contributed by atoms with Crippen molar-refractivity contribution in [3.8, 4) is 11.1 Å². The van der Waals surface area contributed by atoms with E-state index in [1.807, 2.05) is 6.07 Å². The molecule has 1 aliphatic heterocycles. The Morgan fingerprint density at radius 3 is 2.56 bits per heavy atom. The highest BCUT2D eigenvalue weighted by Crippen LogP contribution is 2.40. The van der Waals surface area contributed by atoms with E-state index in [0.29, 0.717) is 41.3 Å². The fourth-order valence-electron chi connectivity index (χ4n) is 6.05. The van der Waals surface area contributed by atoms with Crippen molar-refractivity contribution in [3.63, 3.8) is 0 Å². The number of nitrogens with one attached hydrogen (secondary N) is 1. The van der Waals surface area contributed by atoms with Gasteiger partial charge in [-0.3, -0.25) is 19.3 Å². The molecule has 11 nitrogen and oxygen atoms in total. The number of amides is 1. The second-order valence-electron chi connectivity index (χ2n) is 12.1. The SMILES string of the molecule is CC(=O)OCc1c(-c2cc(Nc3ccc(C(F)(F)F)nn3)c(=O)n(C)c2)ccnc1N1CCn2c(cc3c2CC(C)(C)C3)C1=O. The Balaban J connectivity index is 1.38. The van der Waals surface area contributed by atoms with Crippen LogP contribution in [0.15, 0.2) is 47.5 Å². The number of hydrogen-bond acceptors (Lipinski definition) is 8. The molecule has 234 valence electrons. The van der Waals surface area contributed by atoms with Crippen LogP contribution in [0.25, 0.3) is 11.1 Å². The number of halogens is 3. The molecule has 4 aromatic heterocycles. The van der Waals surface area contributed by atoms with E-state index in [1.54, 1.807) is 17.2 Å². The normalized spacial score (nSPS) is 15.5. The molecule has 0 saturated heterocycles. The Hall–Kier alpha value is -5.01. The van der Waals surface area contributed by atoms with E-state index in [9.17, 15) is 27.6 Å². The third-order valence-corrected chi connectivity index (χ3v) is 8.05. The number of ether oxygens (including phenoxy) is 1. The maximum Gasteiger partial charge on any atom is 0.435 e. The number of esters is 1. The van der Waals surface area contributed by atoms with Crippen LogP contribution in [-0.4, -0.2) is 42.7 Å². The summed E-state index contributed by atoms with van der Waals surface area (Å²) in [6.45, 7) is 6.43. The second-order valence-corrected chi connectivity index (χ2v) is 12.1. The predicted molar refractivity (Wildman–Crippen MR) is 158 cm³/mol. The molecule has 1 aliphatic carbocycles. The molecule has 0 spiro atoms. The standard InChI is InChI=1S/C31H30F3N7O4/c1-17(42)45-16-21-20(19-11-22(28(43)39(4)15-19)36-26-6-5-25(37-38-26)31(32,33)34)7-8-35-27(21)41-10-9-40-23(29(41)44)12-18-13-30(2,3)14-24(18)40/h5-8,11-12,15H,9-10,13-14,16H2,1-4H3,(H,36,38). The first-order valence-electron chi connectivity index (χ1n) is 14.3. The van der Waals surface area contributed by atoms with Crippen molar-refractivity contribution in [2.45, 2.75) is 52.9 Å². The lowest BCUT2D eigenvalue weighted by atomic mass is 9.90. The van der Waals surface area contributed by atoms with Crippen LogP contribution >= 0.6 is 0 Å². The quantitative estimate of drug-likeness (QED) is 0.309. The summed E-state index contributed by atoms with van der Waals surface area (Å²) < 4.78 is 47.6. The van der Waals surface area contributed by atoms with Gasteiger partial charge in [-0.1, -0.05) is 13.8 Å². The summed E-state index contributed by atoms with van der Waals surface area (Å²) >= 11 is 0. The average Bonchev–Trinajstić information content (AvgIpc) is 3.46. The number of alkyl halides is 3. The van der Waals surface area contributed by atoms with Gasteiger partial charge in [0.2, 0.25) is 0 Å². The molecule has 1 amide bonds. The van der Waals surface area contributed by atoms with Crippen molar-refractivity contribution >= 4 is 29.2 Å². The van der Waals surface area contributed by atoms with Crippen molar-refractivity contribution in [1.29, 1.82) is 0 Å². The van der Waals surface area contributed by atoms with Crippen molar-refractivity contribution in [2.24, 2.45) is 12.5 Å². The number of carbonyl (C=O) groups is 2. The Bertz CT molecular complexity index is 1890. The van der Waals surface area contributed by atoms with Crippen LogP contribution in [0, 0.1) is 5.41 Å². The topological polar surface area (TPSA) is 124 Å². The fourth-order valence-corrected chi connectivity index (χ4v) is 6.05. The maximum atomic E-state index is 13.9. The van der Waals surface area contributed by atoms with E-state index in [4.69, 9.17) is 4.74 Å². The van der Waals surface area contributed by atoms with Crippen LogP contribution in [0.3, 0.4) is 0 Å². The van der Waals surface area contributed by atoms with Crippen LogP contribution in [0.2, 0.25) is 0 Å². The zero-order valence-electron chi connectivity index (χ0n) is 25.0. The number of aromatic nitrogens is 5. The van der Waals surface area contributed by atoms with Gasteiger partial charge in [0.25, 0.3) is 11.5 Å². The summed E-state index contributed by atoms with van der Waals surface area (Å²) in [6.07, 6.45) is 0.224. The summed E-state index contributed by atoms with van der Waals surface area (Å²) in [5, 5.41) is 9.52. The largest absolute Gasteiger partial charge is 0.461 e. The highest BCUT2D eigenvalue weighted by molar-refractivity contribution is 6.06. The third kappa shape index (κ3) is 5.67. The van der Waals surface area contributed by atoms with Gasteiger partial charge in [-0.15, -0.1) is 10.2 Å². The molecule has 5 heterocycles. The summed E-state index contributed by atoms with van der Waals surface area (Å²) in [5.74, 6) is -0.489. The Morgan fingerprint density at radius 2 is 1.87 bits per heavy atom. The Morgan fingerprint density at radius 1 is 1.09 bits per heavy atom. The number of anilines is 3. The molecule has 45 heavy (non-hydrogen) atoms. The van der Waals surface area contributed by atoms with Crippen LogP contribution in [0.5, 0.6) is 0 Å². The molecule has 0 bridgehead atoms. The molecule has 0 fully saturated rings. The molecule has 4 aromatic rings. The van der Waals surface area contributed by atoms with E-state index in [-0.39, 0.29) is 29.4 Å². The minimum atomic E-state index is -4.66. The van der Waals surface area contributed by atoms with Crippen LogP contribution in [0.1, 0.15) is 53.8 Å². The fraction of sp³-hybridized carbons (Fsp3) is 0.355. The molecule has 0 atom stereocenters. The van der Waals surface area contributed by atoms with E-state index in [2.05, 4.69) is 38.9 Å². The highest BCUT2D eigenvalue weighted by Gasteiger charge is 2.38. The average molecular weight is 622 g/mol. The predicted octanol–water partition coefficient (Wildman–Crippen LogP) is 4.65. The highest BCUT2D eigenvalue weighted by atomic mass is 19.4. The minimum absolute atomic E-state index is 0.0187. The summed E-state index contributed by atoms with van der Waals surface area (Å²) in [4.78, 5) is 44.9. The van der Waals surface area contributed by atoms with Gasteiger partial charge in [0, 0.05) is 56.3 Å². The number of fused-ring (bicyclic) bond motifs is 3. The first-order chi connectivity index (χ1) is 21.2. The van der Waals surface area contributed by atoms with E-state index in [1.165, 1.54) is 42.1 Å². The number of pyridine rings is 2. The first kappa shape index (κ1) is 30.0. The van der Waals surface area contributed by atoms with Crippen molar-refractivity contribution in [2.75, 3.05) is 16.8 Å². The van der Waals surface area contributed by atoms with E-state index in [0.717, 1.165) is 25.0 Å². The third-order valence-electron chi connectivity index (χ3n) is 8.05. The maximum absolute atomic E-state index is 13.9. The monoisotopic (exact) mass is 621 g/mol. The summed E-state index contributed by atoms with van der Waals surface area (Å²) in [5.41, 5.74) is 2.96.